The molecule has 2 N–H and O–H groups in total. The molecule has 10 heteroatoms. The Kier molecular flexibility index (Phi) is 4.65. The molecule has 2 aromatic rings. The number of alkyl halides is 5. The summed E-state index contributed by atoms with van der Waals surface area (Å²) in [6.07, 6.45) is -5.40. The zero-order valence-corrected chi connectivity index (χ0v) is 14.8. The van der Waals surface area contributed by atoms with Gasteiger partial charge in [-0.05, 0) is 24.6 Å². The van der Waals surface area contributed by atoms with Gasteiger partial charge in [0, 0.05) is 39.0 Å². The summed E-state index contributed by atoms with van der Waals surface area (Å²) in [4.78, 5) is 18.6. The molecular weight excluding hydrogens is 371 g/mol. The third-order valence-corrected chi connectivity index (χ3v) is 4.78. The minimum Gasteiger partial charge on any atom is -0.342 e. The van der Waals surface area contributed by atoms with Gasteiger partial charge in [0.2, 0.25) is 5.95 Å². The number of hydrogen-bond acceptors (Lipinski definition) is 4. The Bertz CT molecular complexity index is 926. The van der Waals surface area contributed by atoms with Crippen LogP contribution >= 0.6 is 0 Å². The summed E-state index contributed by atoms with van der Waals surface area (Å²) in [6, 6.07) is 0.839. The van der Waals surface area contributed by atoms with Crippen molar-refractivity contribution in [3.8, 4) is 0 Å². The van der Waals surface area contributed by atoms with E-state index in [4.69, 9.17) is 5.73 Å². The molecule has 1 aromatic heterocycles. The van der Waals surface area contributed by atoms with Crippen LogP contribution in [0.3, 0.4) is 0 Å². The highest BCUT2D eigenvalue weighted by atomic mass is 19.4. The summed E-state index contributed by atoms with van der Waals surface area (Å²) in [5, 5.41) is -0.203. The van der Waals surface area contributed by atoms with Crippen LogP contribution in [0.25, 0.3) is 10.9 Å². The summed E-state index contributed by atoms with van der Waals surface area (Å²) in [5.74, 6) is -2.63. The average Bonchev–Trinajstić information content (AvgIpc) is 2.56. The first kappa shape index (κ1) is 19.5. The van der Waals surface area contributed by atoms with Crippen molar-refractivity contribution in [2.24, 2.45) is 12.8 Å². The number of rotatable bonds is 2. The van der Waals surface area contributed by atoms with Gasteiger partial charge in [0.1, 0.15) is 0 Å². The van der Waals surface area contributed by atoms with Crippen LogP contribution in [0.2, 0.25) is 0 Å². The molecule has 1 saturated heterocycles. The molecule has 0 saturated carbocycles. The molecule has 0 bridgehead atoms. The van der Waals surface area contributed by atoms with Crippen LogP contribution in [0.1, 0.15) is 36.9 Å². The summed E-state index contributed by atoms with van der Waals surface area (Å²) >= 11 is 0. The van der Waals surface area contributed by atoms with Gasteiger partial charge in [-0.2, -0.15) is 13.2 Å². The second-order valence-electron chi connectivity index (χ2n) is 6.87. The van der Waals surface area contributed by atoms with Crippen molar-refractivity contribution in [2.75, 3.05) is 18.0 Å². The fraction of sp³-hybridized carbons (Fsp3) is 0.529. The van der Waals surface area contributed by atoms with Crippen molar-refractivity contribution < 1.29 is 22.0 Å². The molecule has 2 heterocycles. The highest BCUT2D eigenvalue weighted by Crippen LogP contribution is 2.35. The van der Waals surface area contributed by atoms with Crippen LogP contribution < -0.4 is 16.2 Å². The zero-order valence-electron chi connectivity index (χ0n) is 14.8. The van der Waals surface area contributed by atoms with Crippen molar-refractivity contribution in [3.05, 3.63) is 33.6 Å². The Hall–Kier alpha value is -2.23. The SMILES string of the molecule is CC(N)c1cc(C(F)(F)F)cc2c(=O)n(C)c(N3CCC(F)(F)CC3)nc12. The molecule has 1 fully saturated rings. The van der Waals surface area contributed by atoms with E-state index < -0.39 is 29.3 Å². The van der Waals surface area contributed by atoms with Crippen LogP contribution in [0.4, 0.5) is 27.9 Å². The molecule has 3 rings (SSSR count). The van der Waals surface area contributed by atoms with Crippen molar-refractivity contribution in [2.45, 2.75) is 37.9 Å². The van der Waals surface area contributed by atoms with Gasteiger partial charge in [0.15, 0.2) is 0 Å². The normalized spacial score (nSPS) is 18.7. The first-order valence-electron chi connectivity index (χ1n) is 8.41. The smallest absolute Gasteiger partial charge is 0.342 e. The van der Waals surface area contributed by atoms with Crippen LogP contribution in [0, 0.1) is 0 Å². The van der Waals surface area contributed by atoms with Gasteiger partial charge in [-0.3, -0.25) is 9.36 Å². The van der Waals surface area contributed by atoms with Crippen molar-refractivity contribution in [1.29, 1.82) is 0 Å². The molecule has 1 aliphatic heterocycles. The molecule has 0 amide bonds. The standard InChI is InChI=1S/C17H19F5N4O/c1-9(23)11-7-10(17(20,21)22)8-12-13(11)24-15(25(2)14(12)27)26-5-3-16(18,19)4-6-26/h7-9H,3-6,23H2,1-2H3. The molecule has 0 aliphatic carbocycles. The lowest BCUT2D eigenvalue weighted by molar-refractivity contribution is -0.137. The molecular formula is C17H19F5N4O. The topological polar surface area (TPSA) is 64.2 Å². The summed E-state index contributed by atoms with van der Waals surface area (Å²) in [5.41, 5.74) is 4.30. The quantitative estimate of drug-likeness (QED) is 0.800. The molecule has 1 atom stereocenters. The zero-order chi connectivity index (χ0) is 20.1. The van der Waals surface area contributed by atoms with Crippen LogP contribution in [0.15, 0.2) is 16.9 Å². The fourth-order valence-electron chi connectivity index (χ4n) is 3.22. The van der Waals surface area contributed by atoms with E-state index in [1.54, 1.807) is 4.90 Å². The molecule has 0 spiro atoms. The van der Waals surface area contributed by atoms with E-state index in [1.165, 1.54) is 14.0 Å². The monoisotopic (exact) mass is 390 g/mol. The van der Waals surface area contributed by atoms with E-state index in [0.717, 1.165) is 16.7 Å². The number of piperidine rings is 1. The number of aromatic nitrogens is 2. The van der Waals surface area contributed by atoms with Gasteiger partial charge < -0.3 is 10.6 Å². The van der Waals surface area contributed by atoms with Gasteiger partial charge in [-0.15, -0.1) is 0 Å². The van der Waals surface area contributed by atoms with E-state index in [0.29, 0.717) is 0 Å². The Balaban J connectivity index is 2.21. The van der Waals surface area contributed by atoms with Gasteiger partial charge in [-0.1, -0.05) is 0 Å². The minimum absolute atomic E-state index is 0.00701. The molecule has 1 aromatic carbocycles. The lowest BCUT2D eigenvalue weighted by atomic mass is 10.0. The Morgan fingerprint density at radius 1 is 1.22 bits per heavy atom. The summed E-state index contributed by atoms with van der Waals surface area (Å²) in [7, 11) is 1.36. The number of benzene rings is 1. The van der Waals surface area contributed by atoms with Crippen LogP contribution in [-0.4, -0.2) is 28.6 Å². The van der Waals surface area contributed by atoms with E-state index in [1.807, 2.05) is 0 Å². The molecule has 148 valence electrons. The van der Waals surface area contributed by atoms with Crippen LogP contribution in [-0.2, 0) is 13.2 Å². The van der Waals surface area contributed by atoms with Gasteiger partial charge in [0.05, 0.1) is 16.5 Å². The number of nitrogens with two attached hydrogens (primary N) is 1. The number of fused-ring (bicyclic) bond motifs is 1. The Morgan fingerprint density at radius 2 is 1.81 bits per heavy atom. The largest absolute Gasteiger partial charge is 0.416 e. The molecule has 5 nitrogen and oxygen atoms in total. The predicted molar refractivity (Wildman–Crippen MR) is 91.0 cm³/mol. The number of halogens is 5. The lowest BCUT2D eigenvalue weighted by Crippen LogP contribution is -2.42. The number of anilines is 1. The van der Waals surface area contributed by atoms with Gasteiger partial charge >= 0.3 is 6.18 Å². The highest BCUT2D eigenvalue weighted by molar-refractivity contribution is 5.83. The second-order valence-corrected chi connectivity index (χ2v) is 6.87. The maximum atomic E-state index is 13.4. The Morgan fingerprint density at radius 3 is 2.33 bits per heavy atom. The minimum atomic E-state index is -4.64. The predicted octanol–water partition coefficient (Wildman–Crippen LogP) is 3.21. The second kappa shape index (κ2) is 6.43. The van der Waals surface area contributed by atoms with Crippen LogP contribution in [0.5, 0.6) is 0 Å². The lowest BCUT2D eigenvalue weighted by Gasteiger charge is -2.33. The van der Waals surface area contributed by atoms with E-state index in [9.17, 15) is 26.7 Å². The third-order valence-electron chi connectivity index (χ3n) is 4.78. The number of hydrogen-bond donors (Lipinski definition) is 1. The van der Waals surface area contributed by atoms with Crippen molar-refractivity contribution in [3.63, 3.8) is 0 Å². The summed E-state index contributed by atoms with van der Waals surface area (Å²) < 4.78 is 67.5. The molecule has 0 radical (unpaired) electrons. The average molecular weight is 390 g/mol. The first-order valence-corrected chi connectivity index (χ1v) is 8.41. The van der Waals surface area contributed by atoms with E-state index in [2.05, 4.69) is 4.98 Å². The Labute approximate surface area is 151 Å². The highest BCUT2D eigenvalue weighted by Gasteiger charge is 2.36. The molecule has 1 aliphatic rings. The van der Waals surface area contributed by atoms with Gasteiger partial charge in [-0.25, -0.2) is 13.8 Å². The van der Waals surface area contributed by atoms with Crippen molar-refractivity contribution >= 4 is 16.9 Å². The fourth-order valence-corrected chi connectivity index (χ4v) is 3.22. The molecule has 27 heavy (non-hydrogen) atoms. The first-order chi connectivity index (χ1) is 12.4. The van der Waals surface area contributed by atoms with Crippen molar-refractivity contribution in [1.82, 2.24) is 9.55 Å². The van der Waals surface area contributed by atoms with Gasteiger partial charge in [0.25, 0.3) is 11.5 Å². The van der Waals surface area contributed by atoms with E-state index >= 15 is 0 Å². The van der Waals surface area contributed by atoms with E-state index in [-0.39, 0.29) is 48.3 Å². The third kappa shape index (κ3) is 3.62. The molecule has 1 unspecified atom stereocenters. The number of nitrogens with zero attached hydrogens (tertiary/aromatic N) is 3. The maximum Gasteiger partial charge on any atom is 0.416 e. The maximum absolute atomic E-state index is 13.4. The summed E-state index contributed by atoms with van der Waals surface area (Å²) in [6.45, 7) is 1.48.